The Kier molecular flexibility index (Phi) is 4.47. The van der Waals surface area contributed by atoms with Crippen LogP contribution in [0.4, 0.5) is 5.82 Å². The van der Waals surface area contributed by atoms with Crippen molar-refractivity contribution >= 4 is 33.6 Å². The first-order valence-corrected chi connectivity index (χ1v) is 10.5. The first-order valence-electron chi connectivity index (χ1n) is 9.69. The number of nitrogens with zero attached hydrogens (tertiary/aromatic N) is 5. The molecule has 2 aliphatic rings. The van der Waals surface area contributed by atoms with Gasteiger partial charge in [-0.05, 0) is 34.0 Å². The number of fused-ring (bicyclic) bond motifs is 3. The van der Waals surface area contributed by atoms with Gasteiger partial charge in [-0.25, -0.2) is 9.98 Å². The largest absolute Gasteiger partial charge is 0.300 e. The van der Waals surface area contributed by atoms with Gasteiger partial charge in [0.1, 0.15) is 5.82 Å². The molecule has 0 spiro atoms. The van der Waals surface area contributed by atoms with Gasteiger partial charge < -0.3 is 0 Å². The highest BCUT2D eigenvalue weighted by Gasteiger charge is 2.43. The van der Waals surface area contributed by atoms with Crippen LogP contribution in [-0.4, -0.2) is 39.4 Å². The fourth-order valence-electron chi connectivity index (χ4n) is 4.00. The molecule has 2 aromatic carbocycles. The number of aromatic nitrogens is 2. The summed E-state index contributed by atoms with van der Waals surface area (Å²) in [5.74, 6) is 1.42. The number of hydrogen-bond donors (Lipinski definition) is 0. The Morgan fingerprint density at radius 1 is 1.07 bits per heavy atom. The molecule has 0 radical (unpaired) electrons. The Morgan fingerprint density at radius 2 is 1.76 bits per heavy atom. The number of halogens is 1. The molecule has 146 valence electrons. The van der Waals surface area contributed by atoms with Crippen LogP contribution in [0.5, 0.6) is 0 Å². The molecule has 0 saturated heterocycles. The summed E-state index contributed by atoms with van der Waals surface area (Å²) in [7, 11) is 0. The molecular formula is C22H20BrN5O. The highest BCUT2D eigenvalue weighted by Crippen LogP contribution is 2.38. The number of rotatable bonds is 4. The number of carbonyl (C=O) groups is 1. The zero-order chi connectivity index (χ0) is 20.0. The molecule has 3 heterocycles. The second-order valence-corrected chi connectivity index (χ2v) is 7.85. The van der Waals surface area contributed by atoms with E-state index in [0.717, 1.165) is 16.9 Å². The van der Waals surface area contributed by atoms with E-state index in [9.17, 15) is 4.79 Å². The maximum atomic E-state index is 13.2. The van der Waals surface area contributed by atoms with E-state index >= 15 is 0 Å². The van der Waals surface area contributed by atoms with E-state index in [1.165, 1.54) is 0 Å². The molecule has 5 rings (SSSR count). The van der Waals surface area contributed by atoms with Crippen LogP contribution in [0, 0.1) is 0 Å². The van der Waals surface area contributed by atoms with Gasteiger partial charge in [0.05, 0.1) is 19.1 Å². The third kappa shape index (κ3) is 2.97. The Labute approximate surface area is 177 Å². The summed E-state index contributed by atoms with van der Waals surface area (Å²) in [5.41, 5.74) is 2.77. The fourth-order valence-corrected chi connectivity index (χ4v) is 4.47. The van der Waals surface area contributed by atoms with E-state index in [0.29, 0.717) is 36.0 Å². The van der Waals surface area contributed by atoms with Crippen molar-refractivity contribution in [3.8, 4) is 0 Å². The van der Waals surface area contributed by atoms with Crippen molar-refractivity contribution in [2.45, 2.75) is 19.5 Å². The average Bonchev–Trinajstić information content (AvgIpc) is 3.32. The van der Waals surface area contributed by atoms with Crippen molar-refractivity contribution < 1.29 is 4.79 Å². The molecule has 0 saturated carbocycles. The lowest BCUT2D eigenvalue weighted by atomic mass is 10.1. The van der Waals surface area contributed by atoms with Crippen LogP contribution in [0.25, 0.3) is 0 Å². The van der Waals surface area contributed by atoms with Crippen molar-refractivity contribution in [1.82, 2.24) is 14.5 Å². The first-order chi connectivity index (χ1) is 14.2. The van der Waals surface area contributed by atoms with Crippen molar-refractivity contribution in [2.75, 3.05) is 18.0 Å². The third-order valence-electron chi connectivity index (χ3n) is 5.39. The second kappa shape index (κ2) is 7.15. The van der Waals surface area contributed by atoms with E-state index in [1.807, 2.05) is 43.3 Å². The van der Waals surface area contributed by atoms with E-state index < -0.39 is 0 Å². The van der Waals surface area contributed by atoms with E-state index in [1.54, 1.807) is 4.90 Å². The molecule has 0 N–H and O–H groups in total. The molecule has 6 nitrogen and oxygen atoms in total. The third-order valence-corrected chi connectivity index (χ3v) is 6.00. The summed E-state index contributed by atoms with van der Waals surface area (Å²) in [6, 6.07) is 20.4. The molecule has 0 unspecified atom stereocenters. The average molecular weight is 450 g/mol. The fraction of sp³-hybridized carbons (Fsp3) is 0.227. The van der Waals surface area contributed by atoms with Gasteiger partial charge in [0.25, 0.3) is 5.91 Å². The summed E-state index contributed by atoms with van der Waals surface area (Å²) in [6.07, 6.45) is 0. The molecule has 0 aliphatic carbocycles. The minimum absolute atomic E-state index is 0.0159. The van der Waals surface area contributed by atoms with Gasteiger partial charge in [0, 0.05) is 6.54 Å². The Balaban J connectivity index is 1.60. The minimum Gasteiger partial charge on any atom is -0.300 e. The van der Waals surface area contributed by atoms with E-state index in [4.69, 9.17) is 4.99 Å². The molecule has 1 aromatic heterocycles. The Morgan fingerprint density at radius 3 is 2.45 bits per heavy atom. The van der Waals surface area contributed by atoms with Crippen LogP contribution in [0.1, 0.15) is 34.6 Å². The van der Waals surface area contributed by atoms with Crippen LogP contribution < -0.4 is 4.90 Å². The number of hydrogen-bond acceptors (Lipinski definition) is 4. The van der Waals surface area contributed by atoms with Crippen molar-refractivity contribution in [1.29, 1.82) is 0 Å². The lowest BCUT2D eigenvalue weighted by Crippen LogP contribution is -2.50. The zero-order valence-corrected chi connectivity index (χ0v) is 17.6. The van der Waals surface area contributed by atoms with Gasteiger partial charge in [-0.2, -0.15) is 0 Å². The molecule has 1 amide bonds. The number of carbonyl (C=O) groups excluding carboxylic acids is 1. The minimum atomic E-state index is -0.0984. The highest BCUT2D eigenvalue weighted by atomic mass is 79.9. The number of guanidine groups is 1. The summed E-state index contributed by atoms with van der Waals surface area (Å²) in [5, 5.41) is 0. The van der Waals surface area contributed by atoms with Crippen LogP contribution in [0.15, 0.2) is 70.4 Å². The second-order valence-electron chi connectivity index (χ2n) is 7.14. The number of anilines is 1. The SMILES string of the molecule is CCN1C(=O)c2nc(Br)n(Cc3ccccc3)c2N2C[C@@H](c3ccccc3)N=C12. The molecule has 3 aromatic rings. The molecule has 2 aliphatic heterocycles. The smallest absolute Gasteiger partial charge is 0.283 e. The summed E-state index contributed by atoms with van der Waals surface area (Å²) in [4.78, 5) is 26.5. The molecule has 1 atom stereocenters. The van der Waals surface area contributed by atoms with Gasteiger partial charge in [-0.3, -0.25) is 19.2 Å². The van der Waals surface area contributed by atoms with Gasteiger partial charge in [-0.15, -0.1) is 0 Å². The molecule has 0 bridgehead atoms. The Bertz CT molecular complexity index is 1090. The number of imidazole rings is 1. The van der Waals surface area contributed by atoms with Gasteiger partial charge >= 0.3 is 0 Å². The van der Waals surface area contributed by atoms with E-state index in [2.05, 4.69) is 54.6 Å². The zero-order valence-electron chi connectivity index (χ0n) is 16.0. The van der Waals surface area contributed by atoms with Crippen LogP contribution in [0.3, 0.4) is 0 Å². The predicted molar refractivity (Wildman–Crippen MR) is 116 cm³/mol. The standard InChI is InChI=1S/C22H20BrN5O/c1-2-26-20(29)18-19(27(21(23)25-18)13-15-9-5-3-6-10-15)28-14-17(24-22(26)28)16-11-7-4-8-12-16/h3-12,17H,2,13-14H2,1H3/t17-/m0/s1. The first kappa shape index (κ1) is 18.1. The molecule has 0 fully saturated rings. The van der Waals surface area contributed by atoms with Crippen molar-refractivity contribution in [3.05, 3.63) is 82.2 Å². The Hall–Kier alpha value is -2.93. The monoisotopic (exact) mass is 449 g/mol. The molecule has 29 heavy (non-hydrogen) atoms. The molecular weight excluding hydrogens is 430 g/mol. The number of aliphatic imine (C=N–C) groups is 1. The quantitative estimate of drug-likeness (QED) is 0.602. The lowest BCUT2D eigenvalue weighted by Gasteiger charge is -2.33. The topological polar surface area (TPSA) is 53.7 Å². The summed E-state index contributed by atoms with van der Waals surface area (Å²) < 4.78 is 2.71. The van der Waals surface area contributed by atoms with Crippen molar-refractivity contribution in [3.63, 3.8) is 0 Å². The summed E-state index contributed by atoms with van der Waals surface area (Å²) >= 11 is 3.58. The van der Waals surface area contributed by atoms with Gasteiger partial charge in [-0.1, -0.05) is 60.7 Å². The number of amides is 1. The van der Waals surface area contributed by atoms with Crippen molar-refractivity contribution in [2.24, 2.45) is 4.99 Å². The lowest BCUT2D eigenvalue weighted by molar-refractivity contribution is 0.0841. The van der Waals surface area contributed by atoms with E-state index in [-0.39, 0.29) is 11.9 Å². The summed E-state index contributed by atoms with van der Waals surface area (Å²) in [6.45, 7) is 3.83. The van der Waals surface area contributed by atoms with Crippen LogP contribution in [-0.2, 0) is 6.54 Å². The predicted octanol–water partition coefficient (Wildman–Crippen LogP) is 4.09. The normalized spacial score (nSPS) is 17.9. The van der Waals surface area contributed by atoms with Gasteiger partial charge in [0.2, 0.25) is 5.96 Å². The van der Waals surface area contributed by atoms with Crippen LogP contribution >= 0.6 is 15.9 Å². The van der Waals surface area contributed by atoms with Crippen LogP contribution in [0.2, 0.25) is 0 Å². The molecule has 7 heteroatoms. The maximum Gasteiger partial charge on any atom is 0.283 e. The highest BCUT2D eigenvalue weighted by molar-refractivity contribution is 9.10. The maximum absolute atomic E-state index is 13.2. The number of benzene rings is 2. The van der Waals surface area contributed by atoms with Gasteiger partial charge in [0.15, 0.2) is 10.4 Å².